The number of carbonyl (C=O) groups excluding carboxylic acids is 1. The molecule has 1 fully saturated rings. The Morgan fingerprint density at radius 2 is 1.91 bits per heavy atom. The maximum atomic E-state index is 13.4. The van der Waals surface area contributed by atoms with Gasteiger partial charge in [0, 0.05) is 23.1 Å². The number of alkyl halides is 2. The van der Waals surface area contributed by atoms with E-state index >= 15 is 0 Å². The molecule has 3 heterocycles. The summed E-state index contributed by atoms with van der Waals surface area (Å²) in [5, 5.41) is 0.802. The molecule has 2 aromatic rings. The number of hydrogen-bond acceptors (Lipinski definition) is 4. The highest BCUT2D eigenvalue weighted by molar-refractivity contribution is 6.36. The van der Waals surface area contributed by atoms with E-state index in [0.717, 1.165) is 19.3 Å². The molecular weight excluding hydrogens is 475 g/mol. The van der Waals surface area contributed by atoms with Gasteiger partial charge in [0.15, 0.2) is 29.7 Å². The van der Waals surface area contributed by atoms with Crippen molar-refractivity contribution in [3.05, 3.63) is 51.3 Å². The van der Waals surface area contributed by atoms with Crippen LogP contribution < -0.4 is 14.0 Å². The van der Waals surface area contributed by atoms with Crippen LogP contribution >= 0.6 is 23.2 Å². The van der Waals surface area contributed by atoms with Gasteiger partial charge in [-0.1, -0.05) is 29.6 Å². The van der Waals surface area contributed by atoms with Gasteiger partial charge in [-0.3, -0.25) is 4.79 Å². The molecule has 2 aliphatic rings. The zero-order valence-electron chi connectivity index (χ0n) is 18.3. The monoisotopic (exact) mass is 500 g/mol. The largest absolute Gasteiger partial charge is 0.489 e. The number of carbonyl (C=O) groups is 1. The molecule has 1 aromatic heterocycles. The number of nitrogens with zero attached hydrogens (tertiary/aromatic N) is 1. The first kappa shape index (κ1) is 24.2. The van der Waals surface area contributed by atoms with E-state index in [4.69, 9.17) is 37.4 Å². The highest BCUT2D eigenvalue weighted by atomic mass is 35.5. The average Bonchev–Trinajstić information content (AvgIpc) is 2.84. The first-order chi connectivity index (χ1) is 15.8. The number of pyridine rings is 1. The van der Waals surface area contributed by atoms with Crippen molar-refractivity contribution in [2.24, 2.45) is 5.41 Å². The lowest BCUT2D eigenvalue weighted by atomic mass is 9.81. The third kappa shape index (κ3) is 5.26. The van der Waals surface area contributed by atoms with Crippen LogP contribution in [0.2, 0.25) is 10.0 Å². The number of ether oxygens (including phenoxy) is 3. The van der Waals surface area contributed by atoms with E-state index in [-0.39, 0.29) is 29.1 Å². The Kier molecular flexibility index (Phi) is 7.41. The second-order valence-electron chi connectivity index (χ2n) is 8.65. The summed E-state index contributed by atoms with van der Waals surface area (Å²) in [7, 11) is 0. The van der Waals surface area contributed by atoms with E-state index < -0.39 is 6.61 Å². The number of Topliss-reactive ketones (excluding diaryl/α,β-unsaturated/α-hetero) is 1. The first-order valence-electron chi connectivity index (χ1n) is 11.0. The number of rotatable bonds is 6. The molecule has 1 spiro atoms. The van der Waals surface area contributed by atoms with E-state index in [1.165, 1.54) is 12.1 Å². The van der Waals surface area contributed by atoms with Crippen molar-refractivity contribution in [3.8, 4) is 11.5 Å². The van der Waals surface area contributed by atoms with Gasteiger partial charge >= 0.3 is 6.61 Å². The predicted molar refractivity (Wildman–Crippen MR) is 120 cm³/mol. The standard InChI is InChI=1S/C24H26Cl2F2NO4/c1-2-29-10-18(25)17(19(26)11-29)9-20(30)15-6-7-21(33-23(27)28)22-16(15)5-3-4-8-24(14-32-22)12-31-13-24/h6-7,10-11,23H,2-5,8-9,12-14H2,1H3/q+1. The fourth-order valence-corrected chi connectivity index (χ4v) is 5.02. The highest BCUT2D eigenvalue weighted by Gasteiger charge is 2.40. The zero-order valence-corrected chi connectivity index (χ0v) is 19.9. The number of aryl methyl sites for hydroxylation is 1. The van der Waals surface area contributed by atoms with Gasteiger partial charge in [0.25, 0.3) is 0 Å². The van der Waals surface area contributed by atoms with Gasteiger partial charge < -0.3 is 14.2 Å². The Morgan fingerprint density at radius 3 is 2.52 bits per heavy atom. The summed E-state index contributed by atoms with van der Waals surface area (Å²) in [5.74, 6) is -0.0607. The molecule has 0 amide bonds. The quantitative estimate of drug-likeness (QED) is 0.390. The minimum atomic E-state index is -3.00. The third-order valence-electron chi connectivity index (χ3n) is 6.30. The fraction of sp³-hybridized carbons (Fsp3) is 0.500. The Morgan fingerprint density at radius 1 is 1.18 bits per heavy atom. The average molecular weight is 501 g/mol. The summed E-state index contributed by atoms with van der Waals surface area (Å²) in [4.78, 5) is 13.4. The van der Waals surface area contributed by atoms with Gasteiger partial charge in [-0.25, -0.2) is 4.57 Å². The fourth-order valence-electron chi connectivity index (χ4n) is 4.39. The van der Waals surface area contributed by atoms with Gasteiger partial charge in [0.1, 0.15) is 16.6 Å². The lowest BCUT2D eigenvalue weighted by Crippen LogP contribution is -2.47. The summed E-state index contributed by atoms with van der Waals surface area (Å²) in [6, 6.07) is 2.90. The summed E-state index contributed by atoms with van der Waals surface area (Å²) in [6.45, 7) is 1.13. The van der Waals surface area contributed by atoms with E-state index in [1.54, 1.807) is 12.4 Å². The van der Waals surface area contributed by atoms with Crippen LogP contribution in [-0.4, -0.2) is 32.2 Å². The van der Waals surface area contributed by atoms with Crippen molar-refractivity contribution in [1.82, 2.24) is 0 Å². The van der Waals surface area contributed by atoms with Crippen LogP contribution in [0.3, 0.4) is 0 Å². The second-order valence-corrected chi connectivity index (χ2v) is 9.46. The number of halogens is 4. The van der Waals surface area contributed by atoms with Gasteiger partial charge in [0.05, 0.1) is 25.2 Å². The molecule has 0 unspecified atom stereocenters. The van der Waals surface area contributed by atoms with E-state index in [9.17, 15) is 13.6 Å². The first-order valence-corrected chi connectivity index (χ1v) is 11.8. The van der Waals surface area contributed by atoms with Gasteiger partial charge in [0.2, 0.25) is 0 Å². The topological polar surface area (TPSA) is 48.6 Å². The van der Waals surface area contributed by atoms with Crippen molar-refractivity contribution in [3.63, 3.8) is 0 Å². The molecule has 0 N–H and O–H groups in total. The van der Waals surface area contributed by atoms with Crippen LogP contribution in [0.1, 0.15) is 47.7 Å². The van der Waals surface area contributed by atoms with E-state index in [0.29, 0.717) is 59.5 Å². The molecule has 0 saturated carbocycles. The molecule has 178 valence electrons. The second kappa shape index (κ2) is 10.1. The Bertz CT molecular complexity index is 1020. The van der Waals surface area contributed by atoms with Crippen molar-refractivity contribution < 1.29 is 32.4 Å². The van der Waals surface area contributed by atoms with Crippen LogP contribution in [0.25, 0.3) is 0 Å². The molecule has 1 saturated heterocycles. The van der Waals surface area contributed by atoms with Gasteiger partial charge in [-0.05, 0) is 38.3 Å². The number of benzene rings is 1. The van der Waals surface area contributed by atoms with Crippen LogP contribution in [0.5, 0.6) is 11.5 Å². The Balaban J connectivity index is 1.69. The van der Waals surface area contributed by atoms with E-state index in [1.807, 2.05) is 11.5 Å². The Hall–Kier alpha value is -1.96. The van der Waals surface area contributed by atoms with Crippen LogP contribution in [0, 0.1) is 5.41 Å². The van der Waals surface area contributed by atoms with Crippen molar-refractivity contribution >= 4 is 29.0 Å². The molecule has 0 bridgehead atoms. The van der Waals surface area contributed by atoms with Gasteiger partial charge in [-0.2, -0.15) is 8.78 Å². The predicted octanol–water partition coefficient (Wildman–Crippen LogP) is 5.45. The summed E-state index contributed by atoms with van der Waals surface area (Å²) >= 11 is 12.8. The molecule has 0 aliphatic carbocycles. The molecule has 0 atom stereocenters. The molecule has 9 heteroatoms. The normalized spacial score (nSPS) is 17.4. The molecule has 4 rings (SSSR count). The molecule has 5 nitrogen and oxygen atoms in total. The van der Waals surface area contributed by atoms with Crippen molar-refractivity contribution in [2.45, 2.75) is 52.2 Å². The van der Waals surface area contributed by atoms with Crippen LogP contribution in [0.15, 0.2) is 24.5 Å². The third-order valence-corrected chi connectivity index (χ3v) is 6.95. The number of aromatic nitrogens is 1. The van der Waals surface area contributed by atoms with Crippen LogP contribution in [0.4, 0.5) is 8.78 Å². The van der Waals surface area contributed by atoms with Crippen molar-refractivity contribution in [2.75, 3.05) is 19.8 Å². The number of ketones is 1. The SMILES string of the molecule is CC[n+]1cc(Cl)c(CC(=O)c2ccc(OC(F)F)c3c2CCCCC2(COC2)CO3)c(Cl)c1. The maximum absolute atomic E-state index is 13.4. The maximum Gasteiger partial charge on any atom is 0.387 e. The summed E-state index contributed by atoms with van der Waals surface area (Å²) < 4.78 is 44.2. The van der Waals surface area contributed by atoms with Crippen LogP contribution in [-0.2, 0) is 24.1 Å². The lowest BCUT2D eigenvalue weighted by molar-refractivity contribution is -0.693. The molecular formula is C24H26Cl2F2NO4+. The van der Waals surface area contributed by atoms with Gasteiger partial charge in [-0.15, -0.1) is 0 Å². The lowest BCUT2D eigenvalue weighted by Gasteiger charge is -2.41. The van der Waals surface area contributed by atoms with Crippen molar-refractivity contribution in [1.29, 1.82) is 0 Å². The molecule has 2 aliphatic heterocycles. The molecule has 33 heavy (non-hydrogen) atoms. The minimum absolute atomic E-state index is 0.0124. The molecule has 0 radical (unpaired) electrons. The summed E-state index contributed by atoms with van der Waals surface area (Å²) in [5.41, 5.74) is 1.40. The molecule has 1 aromatic carbocycles. The zero-order chi connectivity index (χ0) is 23.6. The number of fused-ring (bicyclic) bond motifs is 1. The highest BCUT2D eigenvalue weighted by Crippen LogP contribution is 2.42. The minimum Gasteiger partial charge on any atom is -0.489 e. The smallest absolute Gasteiger partial charge is 0.387 e. The number of hydrogen-bond donors (Lipinski definition) is 0. The van der Waals surface area contributed by atoms with E-state index in [2.05, 4.69) is 0 Å². The Labute approximate surface area is 201 Å². The summed E-state index contributed by atoms with van der Waals surface area (Å²) in [6.07, 6.45) is 6.59.